The molecule has 0 radical (unpaired) electrons. The van der Waals surface area contributed by atoms with Crippen molar-refractivity contribution in [2.45, 2.75) is 25.0 Å². The Morgan fingerprint density at radius 2 is 2.38 bits per heavy atom. The first kappa shape index (κ1) is 12.1. The van der Waals surface area contributed by atoms with Crippen molar-refractivity contribution in [3.8, 4) is 0 Å². The van der Waals surface area contributed by atoms with Crippen molar-refractivity contribution in [1.82, 2.24) is 9.59 Å². The van der Waals surface area contributed by atoms with E-state index in [1.165, 1.54) is 11.5 Å². The van der Waals surface area contributed by atoms with Gasteiger partial charge in [0.1, 0.15) is 10.0 Å². The van der Waals surface area contributed by atoms with Crippen molar-refractivity contribution >= 4 is 40.9 Å². The molecular weight excluding hydrogens is 268 g/mol. The van der Waals surface area contributed by atoms with Crippen LogP contribution < -0.4 is 0 Å². The summed E-state index contributed by atoms with van der Waals surface area (Å²) < 4.78 is 4.39. The number of hydrogen-bond acceptors (Lipinski definition) is 5. The summed E-state index contributed by atoms with van der Waals surface area (Å²) in [7, 11) is 0. The van der Waals surface area contributed by atoms with Gasteiger partial charge >= 0.3 is 5.97 Å². The van der Waals surface area contributed by atoms with Gasteiger partial charge < -0.3 is 5.11 Å². The topological polar surface area (TPSA) is 63.1 Å². The van der Waals surface area contributed by atoms with E-state index in [2.05, 4.69) is 9.59 Å². The Bertz CT molecular complexity index is 393. The predicted molar refractivity (Wildman–Crippen MR) is 65.0 cm³/mol. The van der Waals surface area contributed by atoms with Crippen LogP contribution in [0.5, 0.6) is 0 Å². The highest BCUT2D eigenvalue weighted by Crippen LogP contribution is 2.51. The van der Waals surface area contributed by atoms with E-state index in [9.17, 15) is 4.79 Å². The fourth-order valence-corrected chi connectivity index (χ4v) is 3.64. The lowest BCUT2D eigenvalue weighted by molar-refractivity contribution is -0.138. The van der Waals surface area contributed by atoms with Crippen LogP contribution in [-0.4, -0.2) is 26.4 Å². The van der Waals surface area contributed by atoms with Gasteiger partial charge in [0.2, 0.25) is 0 Å². The van der Waals surface area contributed by atoms with E-state index in [1.807, 2.05) is 0 Å². The third-order valence-electron chi connectivity index (χ3n) is 2.64. The first-order chi connectivity index (χ1) is 7.61. The first-order valence-corrected chi connectivity index (χ1v) is 7.18. The summed E-state index contributed by atoms with van der Waals surface area (Å²) in [6.45, 7) is 0. The molecule has 16 heavy (non-hydrogen) atoms. The SMILES string of the molecule is O=C(O)CC1(CSCc2nnsc2Cl)CC1. The van der Waals surface area contributed by atoms with Gasteiger partial charge in [-0.15, -0.1) is 5.10 Å². The van der Waals surface area contributed by atoms with Gasteiger partial charge in [-0.05, 0) is 24.0 Å². The van der Waals surface area contributed by atoms with Gasteiger partial charge in [0.15, 0.2) is 0 Å². The fraction of sp³-hybridized carbons (Fsp3) is 0.667. The second kappa shape index (κ2) is 4.89. The standard InChI is InChI=1S/C9H11ClN2O2S2/c10-8-6(11-12-16-8)4-15-5-9(1-2-9)3-7(13)14/h1-5H2,(H,13,14). The maximum absolute atomic E-state index is 10.6. The first-order valence-electron chi connectivity index (χ1n) is 4.88. The Morgan fingerprint density at radius 1 is 1.62 bits per heavy atom. The minimum absolute atomic E-state index is 0.0342. The summed E-state index contributed by atoms with van der Waals surface area (Å²) in [6, 6.07) is 0. The van der Waals surface area contributed by atoms with Crippen LogP contribution in [0.4, 0.5) is 0 Å². The molecule has 0 spiro atoms. The zero-order valence-electron chi connectivity index (χ0n) is 8.48. The minimum Gasteiger partial charge on any atom is -0.481 e. The number of carboxylic acids is 1. The largest absolute Gasteiger partial charge is 0.481 e. The van der Waals surface area contributed by atoms with Gasteiger partial charge in [0.05, 0.1) is 6.42 Å². The molecule has 0 atom stereocenters. The molecule has 4 nitrogen and oxygen atoms in total. The van der Waals surface area contributed by atoms with Crippen molar-refractivity contribution in [3.63, 3.8) is 0 Å². The lowest BCUT2D eigenvalue weighted by Crippen LogP contribution is -2.11. The summed E-state index contributed by atoms with van der Waals surface area (Å²) in [6.07, 6.45) is 2.33. The second-order valence-corrected chi connectivity index (χ2v) is 6.40. The maximum Gasteiger partial charge on any atom is 0.303 e. The third-order valence-corrected chi connectivity index (χ3v) is 4.92. The summed E-state index contributed by atoms with van der Waals surface area (Å²) in [5.41, 5.74) is 0.842. The van der Waals surface area contributed by atoms with E-state index < -0.39 is 5.97 Å². The maximum atomic E-state index is 10.6. The molecule has 1 aliphatic carbocycles. The smallest absolute Gasteiger partial charge is 0.303 e. The number of carboxylic acid groups (broad SMARTS) is 1. The number of halogens is 1. The van der Waals surface area contributed by atoms with Crippen LogP contribution in [0.2, 0.25) is 4.34 Å². The predicted octanol–water partition coefficient (Wildman–Crippen LogP) is 2.68. The van der Waals surface area contributed by atoms with Crippen LogP contribution in [0.1, 0.15) is 25.0 Å². The van der Waals surface area contributed by atoms with Crippen molar-refractivity contribution in [2.24, 2.45) is 5.41 Å². The van der Waals surface area contributed by atoms with Crippen LogP contribution in [-0.2, 0) is 10.5 Å². The number of nitrogens with zero attached hydrogens (tertiary/aromatic N) is 2. The molecule has 1 saturated carbocycles. The summed E-state index contributed by atoms with van der Waals surface area (Å²) in [4.78, 5) is 10.6. The summed E-state index contributed by atoms with van der Waals surface area (Å²) in [5.74, 6) is 0.885. The molecule has 2 rings (SSSR count). The molecule has 1 aliphatic rings. The zero-order valence-corrected chi connectivity index (χ0v) is 10.9. The average Bonchev–Trinajstić information content (AvgIpc) is 2.82. The average molecular weight is 279 g/mol. The number of carbonyl (C=O) groups is 1. The molecule has 1 heterocycles. The molecule has 0 aliphatic heterocycles. The van der Waals surface area contributed by atoms with E-state index >= 15 is 0 Å². The Kier molecular flexibility index (Phi) is 3.71. The van der Waals surface area contributed by atoms with Crippen LogP contribution in [0.3, 0.4) is 0 Å². The number of rotatable bonds is 6. The van der Waals surface area contributed by atoms with Crippen LogP contribution in [0.15, 0.2) is 0 Å². The second-order valence-electron chi connectivity index (χ2n) is 4.06. The molecule has 88 valence electrons. The zero-order chi connectivity index (χ0) is 11.6. The molecule has 0 aromatic carbocycles. The van der Waals surface area contributed by atoms with E-state index in [0.29, 0.717) is 4.34 Å². The third kappa shape index (κ3) is 3.09. The van der Waals surface area contributed by atoms with Gasteiger partial charge in [0, 0.05) is 17.3 Å². The van der Waals surface area contributed by atoms with Crippen LogP contribution in [0, 0.1) is 5.41 Å². The summed E-state index contributed by atoms with van der Waals surface area (Å²) >= 11 is 8.75. The van der Waals surface area contributed by atoms with E-state index in [0.717, 1.165) is 30.0 Å². The Hall–Kier alpha value is -0.330. The summed E-state index contributed by atoms with van der Waals surface area (Å²) in [5, 5.41) is 12.7. The number of thioether (sulfide) groups is 1. The fourth-order valence-electron chi connectivity index (χ4n) is 1.52. The number of hydrogen-bond donors (Lipinski definition) is 1. The van der Waals surface area contributed by atoms with Gasteiger partial charge in [-0.3, -0.25) is 4.79 Å². The van der Waals surface area contributed by atoms with Crippen molar-refractivity contribution in [2.75, 3.05) is 5.75 Å². The molecule has 0 unspecified atom stereocenters. The Balaban J connectivity index is 1.76. The van der Waals surface area contributed by atoms with Crippen molar-refractivity contribution in [3.05, 3.63) is 10.0 Å². The lowest BCUT2D eigenvalue weighted by Gasteiger charge is -2.10. The highest BCUT2D eigenvalue weighted by atomic mass is 35.5. The molecule has 1 fully saturated rings. The number of aliphatic carboxylic acids is 1. The van der Waals surface area contributed by atoms with Gasteiger partial charge in [-0.1, -0.05) is 16.1 Å². The molecule has 7 heteroatoms. The normalized spacial score (nSPS) is 17.3. The molecule has 0 saturated heterocycles. The van der Waals surface area contributed by atoms with E-state index in [-0.39, 0.29) is 11.8 Å². The van der Waals surface area contributed by atoms with Gasteiger partial charge in [-0.2, -0.15) is 11.8 Å². The van der Waals surface area contributed by atoms with Gasteiger partial charge in [0.25, 0.3) is 0 Å². The monoisotopic (exact) mass is 278 g/mol. The Morgan fingerprint density at radius 3 is 2.88 bits per heavy atom. The highest BCUT2D eigenvalue weighted by Gasteiger charge is 2.44. The molecule has 0 amide bonds. The van der Waals surface area contributed by atoms with Gasteiger partial charge in [-0.25, -0.2) is 0 Å². The van der Waals surface area contributed by atoms with E-state index in [1.54, 1.807) is 11.8 Å². The molecule has 1 N–H and O–H groups in total. The highest BCUT2D eigenvalue weighted by molar-refractivity contribution is 7.98. The Labute approximate surface area is 107 Å². The molecular formula is C9H11ClN2O2S2. The van der Waals surface area contributed by atoms with Crippen molar-refractivity contribution < 1.29 is 9.90 Å². The molecule has 1 aromatic heterocycles. The molecule has 1 aromatic rings. The quantitative estimate of drug-likeness (QED) is 0.867. The van der Waals surface area contributed by atoms with Crippen LogP contribution >= 0.6 is 34.9 Å². The lowest BCUT2D eigenvalue weighted by atomic mass is 10.1. The molecule has 0 bridgehead atoms. The van der Waals surface area contributed by atoms with Crippen molar-refractivity contribution in [1.29, 1.82) is 0 Å². The van der Waals surface area contributed by atoms with Crippen LogP contribution in [0.25, 0.3) is 0 Å². The number of aromatic nitrogens is 2. The minimum atomic E-state index is -0.702. The van der Waals surface area contributed by atoms with E-state index in [4.69, 9.17) is 16.7 Å².